The summed E-state index contributed by atoms with van der Waals surface area (Å²) in [4.78, 5) is 22.3. The summed E-state index contributed by atoms with van der Waals surface area (Å²) in [6, 6.07) is 1.04. The lowest BCUT2D eigenvalue weighted by Crippen LogP contribution is -2.37. The molecule has 7 heteroatoms. The Morgan fingerprint density at radius 3 is 2.65 bits per heavy atom. The molecule has 112 valence electrons. The average molecular weight is 284 g/mol. The molecular weight excluding hydrogens is 264 g/mol. The Balaban J connectivity index is 2.30. The van der Waals surface area contributed by atoms with Gasteiger partial charge in [-0.25, -0.2) is 9.59 Å². The highest BCUT2D eigenvalue weighted by Crippen LogP contribution is 2.14. The van der Waals surface area contributed by atoms with E-state index in [9.17, 15) is 9.59 Å². The number of hydrogen-bond acceptors (Lipinski definition) is 4. The number of aromatic carboxylic acids is 1. The number of furan rings is 1. The van der Waals surface area contributed by atoms with Crippen LogP contribution >= 0.6 is 0 Å². The average Bonchev–Trinajstić information content (AvgIpc) is 2.73. The number of rotatable bonds is 7. The molecule has 0 aliphatic rings. The summed E-state index contributed by atoms with van der Waals surface area (Å²) < 4.78 is 10.5. The number of hydrogen-bond donors (Lipinski definition) is 3. The van der Waals surface area contributed by atoms with E-state index < -0.39 is 5.97 Å². The van der Waals surface area contributed by atoms with Gasteiger partial charge < -0.3 is 24.9 Å². The summed E-state index contributed by atoms with van der Waals surface area (Å²) in [6.45, 7) is 6.37. The van der Waals surface area contributed by atoms with E-state index in [1.54, 1.807) is 6.92 Å². The van der Waals surface area contributed by atoms with Crippen LogP contribution in [0, 0.1) is 6.92 Å². The Morgan fingerprint density at radius 2 is 2.10 bits per heavy atom. The molecule has 2 amide bonds. The molecule has 0 spiro atoms. The molecule has 0 atom stereocenters. The number of amides is 2. The molecular formula is C13H20N2O5. The summed E-state index contributed by atoms with van der Waals surface area (Å²) in [5.74, 6) is -0.332. The van der Waals surface area contributed by atoms with Crippen molar-refractivity contribution in [1.82, 2.24) is 10.6 Å². The number of urea groups is 1. The number of carbonyl (C=O) groups is 2. The van der Waals surface area contributed by atoms with Crippen LogP contribution in [-0.2, 0) is 11.3 Å². The summed E-state index contributed by atoms with van der Waals surface area (Å²) in [5.41, 5.74) is 0.104. The lowest BCUT2D eigenvalue weighted by atomic mass is 10.2. The molecule has 0 unspecified atom stereocenters. The van der Waals surface area contributed by atoms with Crippen molar-refractivity contribution in [3.8, 4) is 0 Å². The molecule has 0 saturated heterocycles. The molecule has 0 aromatic carbocycles. The van der Waals surface area contributed by atoms with Crippen LogP contribution in [0.5, 0.6) is 0 Å². The number of nitrogens with one attached hydrogen (secondary N) is 2. The van der Waals surface area contributed by atoms with Gasteiger partial charge in [0.25, 0.3) is 0 Å². The number of ether oxygens (including phenoxy) is 1. The minimum Gasteiger partial charge on any atom is -0.478 e. The molecule has 1 heterocycles. The predicted molar refractivity (Wildman–Crippen MR) is 71.7 cm³/mol. The van der Waals surface area contributed by atoms with E-state index in [0.717, 1.165) is 0 Å². The minimum absolute atomic E-state index is 0.104. The molecule has 20 heavy (non-hydrogen) atoms. The fourth-order valence-corrected chi connectivity index (χ4v) is 1.53. The zero-order chi connectivity index (χ0) is 15.1. The van der Waals surface area contributed by atoms with E-state index in [1.165, 1.54) is 6.07 Å². The third kappa shape index (κ3) is 5.31. The van der Waals surface area contributed by atoms with E-state index in [0.29, 0.717) is 24.7 Å². The maximum absolute atomic E-state index is 11.5. The van der Waals surface area contributed by atoms with Gasteiger partial charge in [-0.15, -0.1) is 0 Å². The topological polar surface area (TPSA) is 101 Å². The van der Waals surface area contributed by atoms with Gasteiger partial charge in [0.15, 0.2) is 0 Å². The third-order valence-electron chi connectivity index (χ3n) is 2.46. The first-order chi connectivity index (χ1) is 9.40. The smallest absolute Gasteiger partial charge is 0.339 e. The highest BCUT2D eigenvalue weighted by Gasteiger charge is 2.13. The van der Waals surface area contributed by atoms with Gasteiger partial charge in [0.2, 0.25) is 0 Å². The van der Waals surface area contributed by atoms with Crippen molar-refractivity contribution < 1.29 is 23.8 Å². The normalized spacial score (nSPS) is 10.6. The van der Waals surface area contributed by atoms with Gasteiger partial charge in [-0.1, -0.05) is 0 Å². The van der Waals surface area contributed by atoms with Gasteiger partial charge in [-0.2, -0.15) is 0 Å². The van der Waals surface area contributed by atoms with Gasteiger partial charge in [0.05, 0.1) is 19.3 Å². The van der Waals surface area contributed by atoms with E-state index >= 15 is 0 Å². The molecule has 0 aliphatic heterocycles. The van der Waals surface area contributed by atoms with E-state index in [4.69, 9.17) is 14.3 Å². The van der Waals surface area contributed by atoms with Gasteiger partial charge >= 0.3 is 12.0 Å². The van der Waals surface area contributed by atoms with E-state index in [2.05, 4.69) is 10.6 Å². The van der Waals surface area contributed by atoms with Crippen LogP contribution in [0.3, 0.4) is 0 Å². The lowest BCUT2D eigenvalue weighted by molar-refractivity contribution is 0.0695. The number of carboxylic acid groups (broad SMARTS) is 1. The van der Waals surface area contributed by atoms with Gasteiger partial charge in [-0.3, -0.25) is 0 Å². The van der Waals surface area contributed by atoms with Crippen molar-refractivity contribution in [1.29, 1.82) is 0 Å². The van der Waals surface area contributed by atoms with E-state index in [1.807, 2.05) is 13.8 Å². The Hall–Kier alpha value is -2.02. The molecule has 0 bridgehead atoms. The van der Waals surface area contributed by atoms with Crippen molar-refractivity contribution in [2.45, 2.75) is 33.4 Å². The second kappa shape index (κ2) is 7.54. The first-order valence-corrected chi connectivity index (χ1v) is 6.36. The quantitative estimate of drug-likeness (QED) is 0.659. The van der Waals surface area contributed by atoms with Crippen LogP contribution < -0.4 is 10.6 Å². The third-order valence-corrected chi connectivity index (χ3v) is 2.46. The summed E-state index contributed by atoms with van der Waals surface area (Å²) in [7, 11) is 0. The Morgan fingerprint density at radius 1 is 1.40 bits per heavy atom. The SMILES string of the molecule is Cc1oc(CNC(=O)NCCOC(C)C)cc1C(=O)O. The van der Waals surface area contributed by atoms with Crippen LogP contribution in [0.25, 0.3) is 0 Å². The molecule has 0 fully saturated rings. The van der Waals surface area contributed by atoms with Crippen molar-refractivity contribution >= 4 is 12.0 Å². The Bertz CT molecular complexity index is 467. The maximum atomic E-state index is 11.5. The van der Waals surface area contributed by atoms with Gasteiger partial charge in [0, 0.05) is 6.54 Å². The summed E-state index contributed by atoms with van der Waals surface area (Å²) in [5, 5.41) is 14.1. The number of aryl methyl sites for hydroxylation is 1. The molecule has 1 aromatic rings. The number of carbonyl (C=O) groups excluding carboxylic acids is 1. The van der Waals surface area contributed by atoms with Crippen LogP contribution in [-0.4, -0.2) is 36.4 Å². The van der Waals surface area contributed by atoms with E-state index in [-0.39, 0.29) is 24.2 Å². The van der Waals surface area contributed by atoms with Crippen LogP contribution in [0.1, 0.15) is 35.7 Å². The van der Waals surface area contributed by atoms with Crippen molar-refractivity contribution in [3.05, 3.63) is 23.2 Å². The van der Waals surface area contributed by atoms with Gasteiger partial charge in [-0.05, 0) is 26.8 Å². The van der Waals surface area contributed by atoms with Crippen LogP contribution in [0.4, 0.5) is 4.79 Å². The second-order valence-electron chi connectivity index (χ2n) is 4.52. The fraction of sp³-hybridized carbons (Fsp3) is 0.538. The monoisotopic (exact) mass is 284 g/mol. The van der Waals surface area contributed by atoms with Crippen molar-refractivity contribution in [2.75, 3.05) is 13.2 Å². The number of carboxylic acids is 1. The summed E-state index contributed by atoms with van der Waals surface area (Å²) in [6.07, 6.45) is 0.125. The first kappa shape index (κ1) is 16.0. The largest absolute Gasteiger partial charge is 0.478 e. The predicted octanol–water partition coefficient (Wildman–Crippen LogP) is 1.51. The Labute approximate surface area is 117 Å². The van der Waals surface area contributed by atoms with Crippen LogP contribution in [0.2, 0.25) is 0 Å². The lowest BCUT2D eigenvalue weighted by Gasteiger charge is -2.09. The van der Waals surface area contributed by atoms with Crippen molar-refractivity contribution in [2.24, 2.45) is 0 Å². The minimum atomic E-state index is -1.05. The van der Waals surface area contributed by atoms with Gasteiger partial charge in [0.1, 0.15) is 17.1 Å². The molecule has 3 N–H and O–H groups in total. The second-order valence-corrected chi connectivity index (χ2v) is 4.52. The zero-order valence-corrected chi connectivity index (χ0v) is 11.9. The molecule has 7 nitrogen and oxygen atoms in total. The highest BCUT2D eigenvalue weighted by atomic mass is 16.5. The molecule has 0 aliphatic carbocycles. The molecule has 1 rings (SSSR count). The van der Waals surface area contributed by atoms with Crippen molar-refractivity contribution in [3.63, 3.8) is 0 Å². The molecule has 0 saturated carbocycles. The molecule has 1 aromatic heterocycles. The standard InChI is InChI=1S/C13H20N2O5/c1-8(2)19-5-4-14-13(18)15-7-10-6-11(12(16)17)9(3)20-10/h6,8H,4-5,7H2,1-3H3,(H,16,17)(H2,14,15,18). The fourth-order valence-electron chi connectivity index (χ4n) is 1.53. The van der Waals surface area contributed by atoms with Crippen LogP contribution in [0.15, 0.2) is 10.5 Å². The highest BCUT2D eigenvalue weighted by molar-refractivity contribution is 5.88. The molecule has 0 radical (unpaired) electrons. The first-order valence-electron chi connectivity index (χ1n) is 6.36. The Kier molecular flexibility index (Phi) is 6.05. The maximum Gasteiger partial charge on any atom is 0.339 e. The summed E-state index contributed by atoms with van der Waals surface area (Å²) >= 11 is 0. The zero-order valence-electron chi connectivity index (χ0n) is 11.9.